The molecule has 0 saturated heterocycles. The lowest BCUT2D eigenvalue weighted by Gasteiger charge is -2.08. The van der Waals surface area contributed by atoms with E-state index in [0.717, 1.165) is 12.8 Å². The van der Waals surface area contributed by atoms with Crippen molar-refractivity contribution in [2.24, 2.45) is 0 Å². The largest absolute Gasteiger partial charge is 0.385 e. The highest BCUT2D eigenvalue weighted by Gasteiger charge is 2.16. The van der Waals surface area contributed by atoms with E-state index in [-0.39, 0.29) is 17.2 Å². The zero-order chi connectivity index (χ0) is 15.0. The van der Waals surface area contributed by atoms with Gasteiger partial charge in [0.15, 0.2) is 0 Å². The molecule has 1 aromatic carbocycles. The fourth-order valence-electron chi connectivity index (χ4n) is 1.71. The number of ether oxygens (including phenoxy) is 1. The lowest BCUT2D eigenvalue weighted by molar-refractivity contribution is -0.384. The Morgan fingerprint density at radius 3 is 2.75 bits per heavy atom. The van der Waals surface area contributed by atoms with Crippen LogP contribution in [0, 0.1) is 10.1 Å². The lowest BCUT2D eigenvalue weighted by Crippen LogP contribution is -2.18. The summed E-state index contributed by atoms with van der Waals surface area (Å²) in [7, 11) is 3.12. The van der Waals surface area contributed by atoms with Crippen LogP contribution in [-0.4, -0.2) is 38.1 Å². The maximum absolute atomic E-state index is 11.5. The van der Waals surface area contributed by atoms with Gasteiger partial charge in [0, 0.05) is 38.9 Å². The minimum atomic E-state index is -0.496. The molecular weight excluding hydrogens is 262 g/mol. The molecular formula is C13H19N3O4. The summed E-state index contributed by atoms with van der Waals surface area (Å²) in [6, 6.07) is 4.39. The van der Waals surface area contributed by atoms with Gasteiger partial charge in [-0.25, -0.2) is 0 Å². The van der Waals surface area contributed by atoms with Crippen LogP contribution in [0.3, 0.4) is 0 Å². The van der Waals surface area contributed by atoms with E-state index in [1.165, 1.54) is 13.1 Å². The number of benzene rings is 1. The minimum Gasteiger partial charge on any atom is -0.385 e. The van der Waals surface area contributed by atoms with Crippen molar-refractivity contribution in [3.8, 4) is 0 Å². The quantitative estimate of drug-likeness (QED) is 0.430. The SMILES string of the molecule is CNC(=O)c1ccc(NCCCCOC)c([N+](=O)[O-])c1. The number of rotatable bonds is 8. The molecule has 0 aliphatic rings. The highest BCUT2D eigenvalue weighted by atomic mass is 16.6. The van der Waals surface area contributed by atoms with Gasteiger partial charge >= 0.3 is 0 Å². The normalized spacial score (nSPS) is 10.1. The second kappa shape index (κ2) is 8.11. The number of amides is 1. The molecule has 0 fully saturated rings. The molecule has 0 bridgehead atoms. The first kappa shape index (κ1) is 15.9. The van der Waals surface area contributed by atoms with Crippen LogP contribution in [0.15, 0.2) is 18.2 Å². The van der Waals surface area contributed by atoms with E-state index >= 15 is 0 Å². The van der Waals surface area contributed by atoms with Crippen molar-refractivity contribution < 1.29 is 14.5 Å². The Morgan fingerprint density at radius 1 is 1.40 bits per heavy atom. The average Bonchev–Trinajstić information content (AvgIpc) is 2.46. The molecule has 0 spiro atoms. The van der Waals surface area contributed by atoms with Gasteiger partial charge < -0.3 is 15.4 Å². The maximum atomic E-state index is 11.5. The molecule has 0 saturated carbocycles. The highest BCUT2D eigenvalue weighted by Crippen LogP contribution is 2.25. The molecule has 0 atom stereocenters. The molecule has 0 heterocycles. The molecule has 0 aromatic heterocycles. The summed E-state index contributed by atoms with van der Waals surface area (Å²) in [6.45, 7) is 1.28. The summed E-state index contributed by atoms with van der Waals surface area (Å²) in [5.41, 5.74) is 0.585. The molecule has 7 heteroatoms. The number of nitro groups is 1. The van der Waals surface area contributed by atoms with Crippen LogP contribution in [0.25, 0.3) is 0 Å². The Balaban J connectivity index is 2.75. The summed E-state index contributed by atoms with van der Waals surface area (Å²) in [5.74, 6) is -0.347. The number of nitrogens with zero attached hydrogens (tertiary/aromatic N) is 1. The van der Waals surface area contributed by atoms with E-state index in [2.05, 4.69) is 10.6 Å². The topological polar surface area (TPSA) is 93.5 Å². The third-order valence-electron chi connectivity index (χ3n) is 2.77. The molecule has 20 heavy (non-hydrogen) atoms. The third kappa shape index (κ3) is 4.51. The van der Waals surface area contributed by atoms with Crippen LogP contribution in [-0.2, 0) is 4.74 Å². The molecule has 110 valence electrons. The number of nitrogens with one attached hydrogen (secondary N) is 2. The number of methoxy groups -OCH3 is 1. The van der Waals surface area contributed by atoms with E-state index in [1.807, 2.05) is 0 Å². The van der Waals surface area contributed by atoms with Crippen molar-refractivity contribution in [1.82, 2.24) is 5.32 Å². The Bertz CT molecular complexity index is 477. The molecule has 0 radical (unpaired) electrons. The smallest absolute Gasteiger partial charge is 0.293 e. The predicted octanol–water partition coefficient (Wildman–Crippen LogP) is 1.79. The first-order valence-corrected chi connectivity index (χ1v) is 6.33. The van der Waals surface area contributed by atoms with Crippen molar-refractivity contribution in [2.75, 3.05) is 32.6 Å². The van der Waals surface area contributed by atoms with Gasteiger partial charge in [-0.15, -0.1) is 0 Å². The van der Waals surface area contributed by atoms with Crippen LogP contribution in [0.4, 0.5) is 11.4 Å². The Kier molecular flexibility index (Phi) is 6.45. The van der Waals surface area contributed by atoms with Gasteiger partial charge in [0.1, 0.15) is 5.69 Å². The third-order valence-corrected chi connectivity index (χ3v) is 2.77. The lowest BCUT2D eigenvalue weighted by atomic mass is 10.1. The van der Waals surface area contributed by atoms with E-state index in [9.17, 15) is 14.9 Å². The van der Waals surface area contributed by atoms with Crippen molar-refractivity contribution >= 4 is 17.3 Å². The second-order valence-corrected chi connectivity index (χ2v) is 4.19. The molecule has 1 rings (SSSR count). The minimum absolute atomic E-state index is 0.0992. The maximum Gasteiger partial charge on any atom is 0.293 e. The summed E-state index contributed by atoms with van der Waals surface area (Å²) in [5, 5.41) is 16.5. The van der Waals surface area contributed by atoms with Crippen molar-refractivity contribution in [2.45, 2.75) is 12.8 Å². The van der Waals surface area contributed by atoms with Crippen LogP contribution in [0.1, 0.15) is 23.2 Å². The number of nitro benzene ring substituents is 1. The molecule has 1 aromatic rings. The molecule has 0 aliphatic carbocycles. The van der Waals surface area contributed by atoms with Gasteiger partial charge in [0.2, 0.25) is 0 Å². The Morgan fingerprint density at radius 2 is 2.15 bits per heavy atom. The molecule has 1 amide bonds. The predicted molar refractivity (Wildman–Crippen MR) is 76.1 cm³/mol. The fourth-order valence-corrected chi connectivity index (χ4v) is 1.71. The first-order valence-electron chi connectivity index (χ1n) is 6.33. The van der Waals surface area contributed by atoms with Crippen molar-refractivity contribution in [3.05, 3.63) is 33.9 Å². The van der Waals surface area contributed by atoms with Gasteiger partial charge in [0.25, 0.3) is 11.6 Å². The first-order chi connectivity index (χ1) is 9.60. The van der Waals surface area contributed by atoms with Crippen LogP contribution >= 0.6 is 0 Å². The van der Waals surface area contributed by atoms with E-state index in [0.29, 0.717) is 18.8 Å². The van der Waals surface area contributed by atoms with Gasteiger partial charge in [-0.3, -0.25) is 14.9 Å². The van der Waals surface area contributed by atoms with E-state index in [4.69, 9.17) is 4.74 Å². The highest BCUT2D eigenvalue weighted by molar-refractivity contribution is 5.95. The number of unbranched alkanes of at least 4 members (excludes halogenated alkanes) is 1. The number of carbonyl (C=O) groups is 1. The zero-order valence-electron chi connectivity index (χ0n) is 11.6. The summed E-state index contributed by atoms with van der Waals surface area (Å²) >= 11 is 0. The summed E-state index contributed by atoms with van der Waals surface area (Å²) in [4.78, 5) is 22.0. The number of carbonyl (C=O) groups excluding carboxylic acids is 1. The van der Waals surface area contributed by atoms with Crippen LogP contribution in [0.5, 0.6) is 0 Å². The Labute approximate surface area is 117 Å². The van der Waals surface area contributed by atoms with Gasteiger partial charge in [-0.2, -0.15) is 0 Å². The number of hydrogen-bond acceptors (Lipinski definition) is 5. The number of anilines is 1. The average molecular weight is 281 g/mol. The standard InChI is InChI=1S/C13H19N3O4/c1-14-13(17)10-5-6-11(12(9-10)16(18)19)15-7-3-4-8-20-2/h5-6,9,15H,3-4,7-8H2,1-2H3,(H,14,17). The van der Waals surface area contributed by atoms with E-state index in [1.54, 1.807) is 19.2 Å². The summed E-state index contributed by atoms with van der Waals surface area (Å²) in [6.07, 6.45) is 1.73. The molecule has 0 unspecified atom stereocenters. The zero-order valence-corrected chi connectivity index (χ0v) is 11.6. The fraction of sp³-hybridized carbons (Fsp3) is 0.462. The van der Waals surface area contributed by atoms with Crippen LogP contribution < -0.4 is 10.6 Å². The van der Waals surface area contributed by atoms with Crippen molar-refractivity contribution in [3.63, 3.8) is 0 Å². The molecule has 0 aliphatic heterocycles. The molecule has 7 nitrogen and oxygen atoms in total. The van der Waals surface area contributed by atoms with Crippen LogP contribution in [0.2, 0.25) is 0 Å². The molecule has 2 N–H and O–H groups in total. The Hall–Kier alpha value is -2.15. The number of hydrogen-bond donors (Lipinski definition) is 2. The van der Waals surface area contributed by atoms with E-state index < -0.39 is 4.92 Å². The van der Waals surface area contributed by atoms with Gasteiger partial charge in [-0.1, -0.05) is 0 Å². The van der Waals surface area contributed by atoms with Crippen molar-refractivity contribution in [1.29, 1.82) is 0 Å². The monoisotopic (exact) mass is 281 g/mol. The van der Waals surface area contributed by atoms with Gasteiger partial charge in [-0.05, 0) is 25.0 Å². The van der Waals surface area contributed by atoms with Gasteiger partial charge in [0.05, 0.1) is 4.92 Å². The second-order valence-electron chi connectivity index (χ2n) is 4.19. The summed E-state index contributed by atoms with van der Waals surface area (Å²) < 4.78 is 4.93.